The summed E-state index contributed by atoms with van der Waals surface area (Å²) >= 11 is 0. The van der Waals surface area contributed by atoms with Crippen molar-refractivity contribution in [3.8, 4) is 0 Å². The largest absolute Gasteiger partial charge is 0.482 e. The number of likely N-dealkylation sites (tertiary alicyclic amines) is 1. The van der Waals surface area contributed by atoms with Crippen molar-refractivity contribution in [2.45, 2.75) is 58.9 Å². The summed E-state index contributed by atoms with van der Waals surface area (Å²) in [4.78, 5) is 26.9. The van der Waals surface area contributed by atoms with Crippen molar-refractivity contribution in [2.24, 2.45) is 0 Å². The van der Waals surface area contributed by atoms with E-state index in [4.69, 9.17) is 9.47 Å². The lowest BCUT2D eigenvalue weighted by atomic mass is 9.91. The number of halogens is 1. The van der Waals surface area contributed by atoms with Gasteiger partial charge in [0, 0.05) is 36.3 Å². The summed E-state index contributed by atoms with van der Waals surface area (Å²) in [7, 11) is 0. The fraction of sp³-hybridized carbons (Fsp3) is 0.379. The molecule has 0 unspecified atom stereocenters. The normalized spacial score (nSPS) is 24.1. The Labute approximate surface area is 216 Å². The molecule has 3 aliphatic rings. The number of anilines is 1. The summed E-state index contributed by atoms with van der Waals surface area (Å²) in [5.74, 6) is -0.641. The van der Waals surface area contributed by atoms with E-state index < -0.39 is 23.6 Å². The minimum absolute atomic E-state index is 0. The standard InChI is InChI=1S/C28H29FN2O5.CH4/c1-4-35-27(34)23-12-19(32)15-31(23)14-16-5-7-17(8-6-16)21-13-24(36-28(21,2)3)25-20-11-18(29)9-10-22(20)30-26(25)33;/h5-11,13,19,23,32H,4,12,14-15H2,1-3H3,(H,30,33);1H4/b25-24+;/t19-,23+;/m1./s1. The number of aliphatic hydroxyl groups excluding tert-OH is 1. The van der Waals surface area contributed by atoms with Crippen LogP contribution in [0.3, 0.4) is 0 Å². The molecule has 2 N–H and O–H groups in total. The Morgan fingerprint density at radius 2 is 1.97 bits per heavy atom. The molecule has 2 aromatic carbocycles. The van der Waals surface area contributed by atoms with E-state index in [1.165, 1.54) is 12.1 Å². The van der Waals surface area contributed by atoms with E-state index in [9.17, 15) is 19.1 Å². The van der Waals surface area contributed by atoms with Crippen molar-refractivity contribution >= 4 is 28.7 Å². The number of amides is 1. The molecule has 1 saturated heterocycles. The minimum atomic E-state index is -0.700. The molecule has 0 radical (unpaired) electrons. The van der Waals surface area contributed by atoms with E-state index in [1.54, 1.807) is 13.0 Å². The van der Waals surface area contributed by atoms with Crippen LogP contribution in [0.5, 0.6) is 0 Å². The van der Waals surface area contributed by atoms with Gasteiger partial charge in [-0.2, -0.15) is 0 Å². The van der Waals surface area contributed by atoms with Gasteiger partial charge in [-0.05, 0) is 56.2 Å². The Morgan fingerprint density at radius 3 is 2.68 bits per heavy atom. The second-order valence-electron chi connectivity index (χ2n) is 9.84. The molecule has 0 spiro atoms. The lowest BCUT2D eigenvalue weighted by Gasteiger charge is -2.24. The number of aliphatic hydroxyl groups is 1. The Morgan fingerprint density at radius 1 is 1.24 bits per heavy atom. The van der Waals surface area contributed by atoms with Gasteiger partial charge in [0.05, 0.1) is 18.3 Å². The Kier molecular flexibility index (Phi) is 7.26. The first-order chi connectivity index (χ1) is 17.2. The molecule has 1 fully saturated rings. The minimum Gasteiger partial charge on any atom is -0.482 e. The number of carbonyl (C=O) groups excluding carboxylic acids is 2. The van der Waals surface area contributed by atoms with Crippen molar-refractivity contribution < 1.29 is 28.6 Å². The van der Waals surface area contributed by atoms with E-state index in [1.807, 2.05) is 49.1 Å². The number of fused-ring (bicyclic) bond motifs is 1. The monoisotopic (exact) mass is 508 g/mol. The molecule has 8 heteroatoms. The van der Waals surface area contributed by atoms with Gasteiger partial charge in [0.2, 0.25) is 0 Å². The van der Waals surface area contributed by atoms with Crippen LogP contribution in [0.2, 0.25) is 0 Å². The summed E-state index contributed by atoms with van der Waals surface area (Å²) in [6, 6.07) is 11.7. The van der Waals surface area contributed by atoms with Gasteiger partial charge in [-0.1, -0.05) is 31.7 Å². The van der Waals surface area contributed by atoms with E-state index in [0.717, 1.165) is 16.7 Å². The summed E-state index contributed by atoms with van der Waals surface area (Å²) in [5.41, 5.74) is 3.50. The first-order valence-electron chi connectivity index (χ1n) is 12.1. The molecule has 0 bridgehead atoms. The van der Waals surface area contributed by atoms with Crippen molar-refractivity contribution in [1.29, 1.82) is 0 Å². The number of hydrogen-bond donors (Lipinski definition) is 2. The smallest absolute Gasteiger partial charge is 0.323 e. The van der Waals surface area contributed by atoms with Gasteiger partial charge in [0.25, 0.3) is 5.91 Å². The predicted octanol–water partition coefficient (Wildman–Crippen LogP) is 4.52. The fourth-order valence-electron chi connectivity index (χ4n) is 5.16. The van der Waals surface area contributed by atoms with Gasteiger partial charge in [0.1, 0.15) is 23.2 Å². The quantitative estimate of drug-likeness (QED) is 0.456. The van der Waals surface area contributed by atoms with Crippen molar-refractivity contribution in [1.82, 2.24) is 4.90 Å². The molecule has 0 aliphatic carbocycles. The fourth-order valence-corrected chi connectivity index (χ4v) is 5.16. The lowest BCUT2D eigenvalue weighted by molar-refractivity contribution is -0.148. The molecule has 2 aromatic rings. The number of hydrogen-bond acceptors (Lipinski definition) is 6. The van der Waals surface area contributed by atoms with Gasteiger partial charge >= 0.3 is 5.97 Å². The molecule has 1 amide bonds. The molecule has 37 heavy (non-hydrogen) atoms. The predicted molar refractivity (Wildman–Crippen MR) is 140 cm³/mol. The highest BCUT2D eigenvalue weighted by Gasteiger charge is 2.39. The molecule has 5 rings (SSSR count). The van der Waals surface area contributed by atoms with E-state index in [0.29, 0.717) is 48.7 Å². The SMILES string of the molecule is C.CCOC(=O)[C@@H]1C[C@@H](O)CN1Cc1ccc(C2=C/C(=C3\C(=O)Nc4ccc(F)cc43)OC2(C)C)cc1. The molecular formula is C29H33FN2O5. The van der Waals surface area contributed by atoms with Crippen molar-refractivity contribution in [3.63, 3.8) is 0 Å². The molecule has 7 nitrogen and oxygen atoms in total. The Bertz CT molecular complexity index is 1280. The second kappa shape index (κ2) is 10.1. The molecule has 3 heterocycles. The van der Waals surface area contributed by atoms with E-state index in [-0.39, 0.29) is 19.3 Å². The number of carbonyl (C=O) groups is 2. The van der Waals surface area contributed by atoms with Crippen LogP contribution in [0.25, 0.3) is 11.1 Å². The zero-order valence-electron chi connectivity index (χ0n) is 20.5. The highest BCUT2D eigenvalue weighted by molar-refractivity contribution is 6.32. The maximum Gasteiger partial charge on any atom is 0.323 e. The molecule has 3 aliphatic heterocycles. The van der Waals surface area contributed by atoms with E-state index in [2.05, 4.69) is 5.32 Å². The molecular weight excluding hydrogens is 475 g/mol. The van der Waals surface area contributed by atoms with Gasteiger partial charge in [-0.15, -0.1) is 0 Å². The first kappa shape index (κ1) is 26.6. The van der Waals surface area contributed by atoms with Crippen LogP contribution >= 0.6 is 0 Å². The lowest BCUT2D eigenvalue weighted by Crippen LogP contribution is -2.36. The van der Waals surface area contributed by atoms with Crippen molar-refractivity contribution in [3.05, 3.63) is 76.8 Å². The number of nitrogens with one attached hydrogen (secondary N) is 1. The Balaban J connectivity index is 0.00000320. The van der Waals surface area contributed by atoms with Gasteiger partial charge in [-0.25, -0.2) is 4.39 Å². The average Bonchev–Trinajstić information content (AvgIpc) is 3.45. The highest BCUT2D eigenvalue weighted by atomic mass is 19.1. The number of nitrogens with zero attached hydrogens (tertiary/aromatic N) is 1. The highest BCUT2D eigenvalue weighted by Crippen LogP contribution is 2.44. The number of benzene rings is 2. The maximum absolute atomic E-state index is 13.9. The zero-order valence-corrected chi connectivity index (χ0v) is 20.5. The van der Waals surface area contributed by atoms with Gasteiger partial charge in [0.15, 0.2) is 0 Å². The maximum atomic E-state index is 13.9. The number of allylic oxidation sites excluding steroid dienone is 1. The van der Waals surface area contributed by atoms with Crippen LogP contribution in [0.4, 0.5) is 10.1 Å². The summed E-state index contributed by atoms with van der Waals surface area (Å²) in [5, 5.41) is 12.9. The van der Waals surface area contributed by atoms with Crippen molar-refractivity contribution in [2.75, 3.05) is 18.5 Å². The third-order valence-corrected chi connectivity index (χ3v) is 6.85. The number of esters is 1. The summed E-state index contributed by atoms with van der Waals surface area (Å²) in [6.07, 6.45) is 1.66. The number of ether oxygens (including phenoxy) is 2. The van der Waals surface area contributed by atoms with Gasteiger partial charge < -0.3 is 19.9 Å². The Hall–Kier alpha value is -3.49. The average molecular weight is 509 g/mol. The van der Waals surface area contributed by atoms with Crippen LogP contribution in [0.1, 0.15) is 51.3 Å². The van der Waals surface area contributed by atoms with Crippen LogP contribution in [-0.4, -0.2) is 52.8 Å². The topological polar surface area (TPSA) is 88.1 Å². The number of rotatable bonds is 5. The zero-order chi connectivity index (χ0) is 25.6. The third kappa shape index (κ3) is 5.04. The van der Waals surface area contributed by atoms with Crippen LogP contribution < -0.4 is 5.32 Å². The summed E-state index contributed by atoms with van der Waals surface area (Å²) in [6.45, 7) is 6.86. The first-order valence-corrected chi connectivity index (χ1v) is 12.1. The third-order valence-electron chi connectivity index (χ3n) is 6.85. The van der Waals surface area contributed by atoms with Crippen LogP contribution in [0.15, 0.2) is 54.3 Å². The second-order valence-corrected chi connectivity index (χ2v) is 9.84. The van der Waals surface area contributed by atoms with E-state index >= 15 is 0 Å². The summed E-state index contributed by atoms with van der Waals surface area (Å²) < 4.78 is 25.3. The molecule has 0 saturated carbocycles. The number of β-amino-alcohol motifs (C(OH)–C–C–N with tert-alkyl or cyclic N) is 1. The van der Waals surface area contributed by atoms with Crippen LogP contribution in [0, 0.1) is 5.82 Å². The van der Waals surface area contributed by atoms with Crippen LogP contribution in [-0.2, 0) is 25.6 Å². The molecule has 196 valence electrons. The molecule has 0 aromatic heterocycles. The molecule has 2 atom stereocenters. The van der Waals surface area contributed by atoms with Gasteiger partial charge in [-0.3, -0.25) is 14.5 Å².